The molecular formula is C22H26ClFN4O4. The minimum atomic E-state index is -1.00. The van der Waals surface area contributed by atoms with Crippen LogP contribution in [-0.2, 0) is 11.3 Å². The van der Waals surface area contributed by atoms with E-state index < -0.39 is 11.4 Å². The monoisotopic (exact) mass is 464 g/mol. The molecule has 2 bridgehead atoms. The zero-order chi connectivity index (χ0) is 23.3. The highest BCUT2D eigenvalue weighted by atomic mass is 35.5. The van der Waals surface area contributed by atoms with Gasteiger partial charge in [0.2, 0.25) is 0 Å². The van der Waals surface area contributed by atoms with E-state index in [1.165, 1.54) is 16.8 Å². The largest absolute Gasteiger partial charge is 0.484 e. The first-order valence-electron chi connectivity index (χ1n) is 10.4. The van der Waals surface area contributed by atoms with Crippen molar-refractivity contribution in [2.75, 3.05) is 6.61 Å². The maximum Gasteiger partial charge on any atom is 0.269 e. The van der Waals surface area contributed by atoms with Crippen LogP contribution in [0.3, 0.4) is 0 Å². The number of rotatable bonds is 8. The Morgan fingerprint density at radius 2 is 1.91 bits per heavy atom. The van der Waals surface area contributed by atoms with Crippen LogP contribution >= 0.6 is 11.6 Å². The minimum absolute atomic E-state index is 0.0127. The maximum atomic E-state index is 13.5. The Morgan fingerprint density at radius 1 is 1.25 bits per heavy atom. The van der Waals surface area contributed by atoms with Crippen molar-refractivity contribution in [3.8, 4) is 5.75 Å². The lowest BCUT2D eigenvalue weighted by atomic mass is 9.44. The summed E-state index contributed by atoms with van der Waals surface area (Å²) in [5, 5.41) is 20.4. The number of hydrogen-bond acceptors (Lipinski definition) is 5. The molecule has 1 aromatic carbocycles. The number of nitrogens with zero attached hydrogens (tertiary/aromatic N) is 2. The molecule has 3 N–H and O–H groups in total. The highest BCUT2D eigenvalue weighted by molar-refractivity contribution is 6.30. The van der Waals surface area contributed by atoms with E-state index in [1.807, 2.05) is 0 Å². The number of amides is 2. The van der Waals surface area contributed by atoms with Gasteiger partial charge in [0, 0.05) is 17.1 Å². The number of hydrogen-bond donors (Lipinski definition) is 3. The quantitative estimate of drug-likeness (QED) is 0.556. The molecule has 0 spiro atoms. The van der Waals surface area contributed by atoms with Crippen LogP contribution in [0.2, 0.25) is 5.02 Å². The lowest BCUT2D eigenvalue weighted by Gasteiger charge is -2.70. The van der Waals surface area contributed by atoms with Crippen LogP contribution < -0.4 is 15.4 Å². The van der Waals surface area contributed by atoms with Crippen molar-refractivity contribution in [2.45, 2.75) is 63.3 Å². The van der Waals surface area contributed by atoms with Gasteiger partial charge >= 0.3 is 0 Å². The van der Waals surface area contributed by atoms with Gasteiger partial charge in [0.1, 0.15) is 17.3 Å². The number of carbonyl (C=O) groups is 2. The van der Waals surface area contributed by atoms with E-state index in [2.05, 4.69) is 15.7 Å². The fourth-order valence-electron chi connectivity index (χ4n) is 4.62. The molecule has 1 heterocycles. The normalized spacial score (nSPS) is 23.7. The van der Waals surface area contributed by atoms with Crippen LogP contribution in [0.25, 0.3) is 0 Å². The molecule has 2 aromatic rings. The zero-order valence-corrected chi connectivity index (χ0v) is 18.9. The molecule has 0 atom stereocenters. The summed E-state index contributed by atoms with van der Waals surface area (Å²) in [5.74, 6) is -0.941. The smallest absolute Gasteiger partial charge is 0.269 e. The molecule has 1 aromatic heterocycles. The zero-order valence-electron chi connectivity index (χ0n) is 18.2. The van der Waals surface area contributed by atoms with E-state index in [9.17, 15) is 19.1 Å². The fourth-order valence-corrected chi connectivity index (χ4v) is 4.74. The second kappa shape index (κ2) is 7.74. The van der Waals surface area contributed by atoms with Gasteiger partial charge in [-0.25, -0.2) is 4.39 Å². The summed E-state index contributed by atoms with van der Waals surface area (Å²) in [5.41, 5.74) is -0.597. The summed E-state index contributed by atoms with van der Waals surface area (Å²) in [4.78, 5) is 25.1. The summed E-state index contributed by atoms with van der Waals surface area (Å²) in [6.45, 7) is 5.08. The van der Waals surface area contributed by atoms with Crippen LogP contribution in [0.15, 0.2) is 24.3 Å². The topological polar surface area (TPSA) is 105 Å². The first-order chi connectivity index (χ1) is 14.9. The molecule has 0 aliphatic heterocycles. The number of aryl methyl sites for hydroxylation is 1. The SMILES string of the molecule is Cc1cc(C(=O)NC23CC(NC(=O)COc4ccc(Cl)c(F)c4)(C2)C3)n(CC(C)(C)O)n1. The van der Waals surface area contributed by atoms with Crippen LogP contribution in [0.5, 0.6) is 5.75 Å². The predicted molar refractivity (Wildman–Crippen MR) is 115 cm³/mol. The number of aromatic nitrogens is 2. The summed E-state index contributed by atoms with van der Waals surface area (Å²) in [6.07, 6.45) is 1.89. The third kappa shape index (κ3) is 4.59. The van der Waals surface area contributed by atoms with Crippen molar-refractivity contribution in [1.82, 2.24) is 20.4 Å². The van der Waals surface area contributed by atoms with Crippen molar-refractivity contribution in [3.05, 3.63) is 46.5 Å². The maximum absolute atomic E-state index is 13.5. The number of carbonyl (C=O) groups excluding carboxylic acids is 2. The Bertz CT molecular complexity index is 1060. The highest BCUT2D eigenvalue weighted by Crippen LogP contribution is 2.60. The van der Waals surface area contributed by atoms with Gasteiger partial charge in [-0.05, 0) is 58.2 Å². The van der Waals surface area contributed by atoms with Gasteiger partial charge in [-0.15, -0.1) is 0 Å². The first-order valence-corrected chi connectivity index (χ1v) is 10.7. The highest BCUT2D eigenvalue weighted by Gasteiger charge is 2.69. The molecule has 2 amide bonds. The average molecular weight is 465 g/mol. The standard InChI is InChI=1S/C22H26ClFN4O4/c1-13-6-17(28(27-13)12-20(2,3)31)19(30)26-22-9-21(10-22,11-22)25-18(29)8-32-14-4-5-15(23)16(24)7-14/h4-7,31H,8-12H2,1-3H3,(H,25,29)(H,26,30). The second-order valence-corrected chi connectivity index (χ2v) is 10.0. The molecule has 3 saturated carbocycles. The molecule has 0 radical (unpaired) electrons. The molecule has 32 heavy (non-hydrogen) atoms. The lowest BCUT2D eigenvalue weighted by molar-refractivity contribution is -0.141. The van der Waals surface area contributed by atoms with Crippen molar-refractivity contribution >= 4 is 23.4 Å². The molecule has 3 aliphatic carbocycles. The number of benzene rings is 1. The molecule has 3 fully saturated rings. The molecule has 0 saturated heterocycles. The first kappa shape index (κ1) is 22.5. The van der Waals surface area contributed by atoms with Crippen LogP contribution in [0.1, 0.15) is 49.3 Å². The minimum Gasteiger partial charge on any atom is -0.484 e. The van der Waals surface area contributed by atoms with E-state index in [0.717, 1.165) is 6.07 Å². The lowest BCUT2D eigenvalue weighted by Crippen LogP contribution is -2.84. The fraction of sp³-hybridized carbons (Fsp3) is 0.500. The molecule has 0 unspecified atom stereocenters. The number of aliphatic hydroxyl groups is 1. The summed E-state index contributed by atoms with van der Waals surface area (Å²) >= 11 is 5.63. The third-order valence-corrected chi connectivity index (χ3v) is 6.05. The average Bonchev–Trinajstić information content (AvgIpc) is 2.98. The molecule has 5 rings (SSSR count). The number of halogens is 2. The third-order valence-electron chi connectivity index (χ3n) is 5.75. The van der Waals surface area contributed by atoms with Crippen LogP contribution in [0.4, 0.5) is 4.39 Å². The van der Waals surface area contributed by atoms with Gasteiger partial charge in [0.25, 0.3) is 11.8 Å². The predicted octanol–water partition coefficient (Wildman–Crippen LogP) is 2.36. The van der Waals surface area contributed by atoms with E-state index in [1.54, 1.807) is 26.8 Å². The van der Waals surface area contributed by atoms with Gasteiger partial charge in [-0.3, -0.25) is 14.3 Å². The van der Waals surface area contributed by atoms with E-state index in [4.69, 9.17) is 16.3 Å². The van der Waals surface area contributed by atoms with Gasteiger partial charge in [0.05, 0.1) is 22.9 Å². The molecule has 3 aliphatic rings. The van der Waals surface area contributed by atoms with E-state index in [0.29, 0.717) is 30.7 Å². The summed E-state index contributed by atoms with van der Waals surface area (Å²) in [6, 6.07) is 5.69. The molecule has 8 nitrogen and oxygen atoms in total. The summed E-state index contributed by atoms with van der Waals surface area (Å²) < 4.78 is 20.3. The van der Waals surface area contributed by atoms with E-state index in [-0.39, 0.29) is 46.8 Å². The van der Waals surface area contributed by atoms with Gasteiger partial charge < -0.3 is 20.5 Å². The van der Waals surface area contributed by atoms with Gasteiger partial charge in [-0.1, -0.05) is 11.6 Å². The van der Waals surface area contributed by atoms with Crippen molar-refractivity contribution < 1.29 is 23.8 Å². The van der Waals surface area contributed by atoms with Crippen molar-refractivity contribution in [1.29, 1.82) is 0 Å². The summed E-state index contributed by atoms with van der Waals surface area (Å²) in [7, 11) is 0. The van der Waals surface area contributed by atoms with Gasteiger partial charge in [-0.2, -0.15) is 5.10 Å². The Hall–Kier alpha value is -2.65. The van der Waals surface area contributed by atoms with E-state index >= 15 is 0 Å². The van der Waals surface area contributed by atoms with Crippen LogP contribution in [0, 0.1) is 12.7 Å². The van der Waals surface area contributed by atoms with Gasteiger partial charge in [0.15, 0.2) is 6.61 Å². The Morgan fingerprint density at radius 3 is 2.53 bits per heavy atom. The Balaban J connectivity index is 1.27. The molecule has 10 heteroatoms. The van der Waals surface area contributed by atoms with Crippen molar-refractivity contribution in [2.24, 2.45) is 0 Å². The Labute approximate surface area is 190 Å². The second-order valence-electron chi connectivity index (χ2n) is 9.60. The van der Waals surface area contributed by atoms with Crippen molar-refractivity contribution in [3.63, 3.8) is 0 Å². The number of ether oxygens (including phenoxy) is 1. The van der Waals surface area contributed by atoms with Crippen LogP contribution in [-0.4, -0.2) is 50.0 Å². The molecule has 172 valence electrons. The molecular weight excluding hydrogens is 439 g/mol. The Kier molecular flexibility index (Phi) is 5.45. The number of nitrogens with one attached hydrogen (secondary N) is 2.